The van der Waals surface area contributed by atoms with Crippen LogP contribution in [0.4, 0.5) is 0 Å². The van der Waals surface area contributed by atoms with Gasteiger partial charge < -0.3 is 15.1 Å². The van der Waals surface area contributed by atoms with Gasteiger partial charge in [-0.3, -0.25) is 9.69 Å². The summed E-state index contributed by atoms with van der Waals surface area (Å²) in [4.78, 5) is 23.0. The molecule has 0 spiro atoms. The summed E-state index contributed by atoms with van der Waals surface area (Å²) in [5.41, 5.74) is 1.30. The molecule has 0 aliphatic carbocycles. The fourth-order valence-electron chi connectivity index (χ4n) is 3.54. The molecule has 0 saturated carbocycles. The van der Waals surface area contributed by atoms with Crippen molar-refractivity contribution in [2.24, 2.45) is 4.99 Å². The Labute approximate surface area is 162 Å². The van der Waals surface area contributed by atoms with E-state index >= 15 is 0 Å². The lowest BCUT2D eigenvalue weighted by molar-refractivity contribution is -0.127. The Kier molecular flexibility index (Phi) is 6.87. The van der Waals surface area contributed by atoms with Crippen molar-refractivity contribution in [3.05, 3.63) is 48.0 Å². The van der Waals surface area contributed by atoms with Crippen molar-refractivity contribution in [2.75, 3.05) is 53.4 Å². The molecule has 6 heteroatoms. The molecule has 2 heterocycles. The van der Waals surface area contributed by atoms with Crippen LogP contribution in [0.5, 0.6) is 0 Å². The topological polar surface area (TPSA) is 51.2 Å². The van der Waals surface area contributed by atoms with E-state index in [-0.39, 0.29) is 12.5 Å². The van der Waals surface area contributed by atoms with Crippen molar-refractivity contribution in [3.63, 3.8) is 0 Å². The van der Waals surface area contributed by atoms with Crippen LogP contribution in [0.2, 0.25) is 0 Å². The molecule has 1 aromatic carbocycles. The van der Waals surface area contributed by atoms with Crippen molar-refractivity contribution in [1.82, 2.24) is 20.0 Å². The van der Waals surface area contributed by atoms with Gasteiger partial charge in [-0.25, -0.2) is 4.99 Å². The van der Waals surface area contributed by atoms with Crippen molar-refractivity contribution in [1.29, 1.82) is 0 Å². The summed E-state index contributed by atoms with van der Waals surface area (Å²) >= 11 is 0. The third-order valence-electron chi connectivity index (χ3n) is 5.23. The number of benzene rings is 1. The first-order valence-corrected chi connectivity index (χ1v) is 9.80. The molecule has 1 saturated heterocycles. The molecule has 1 aromatic rings. The molecule has 0 aromatic heterocycles. The molecule has 146 valence electrons. The predicted molar refractivity (Wildman–Crippen MR) is 110 cm³/mol. The molecule has 1 N–H and O–H groups in total. The molecule has 1 fully saturated rings. The number of carbonyl (C=O) groups excluding carboxylic acids is 1. The van der Waals surface area contributed by atoms with Gasteiger partial charge in [-0.05, 0) is 18.4 Å². The minimum absolute atomic E-state index is 0.0249. The lowest BCUT2D eigenvalue weighted by Gasteiger charge is -2.26. The highest BCUT2D eigenvalue weighted by Gasteiger charge is 2.29. The molecule has 0 radical (unpaired) electrons. The summed E-state index contributed by atoms with van der Waals surface area (Å²) in [7, 11) is 3.54. The summed E-state index contributed by atoms with van der Waals surface area (Å²) in [5, 5.41) is 3.49. The number of likely N-dealkylation sites (tertiary alicyclic amines) is 1. The van der Waals surface area contributed by atoms with Gasteiger partial charge >= 0.3 is 0 Å². The van der Waals surface area contributed by atoms with E-state index in [9.17, 15) is 4.79 Å². The van der Waals surface area contributed by atoms with E-state index in [1.807, 2.05) is 6.07 Å². The van der Waals surface area contributed by atoms with Crippen LogP contribution >= 0.6 is 0 Å². The fraction of sp³-hybridized carbons (Fsp3) is 0.524. The minimum atomic E-state index is 0.0249. The van der Waals surface area contributed by atoms with Gasteiger partial charge in [0.15, 0.2) is 5.96 Å². The standard InChI is InChI=1S/C21H31N5O/c1-24(2)20(27)16-23-21(22-12-10-18-8-4-3-5-9-18)26-15-11-19(17-26)25-13-6-7-14-25/h3-9,19H,10-17H2,1-2H3,(H,22,23). The number of amides is 1. The summed E-state index contributed by atoms with van der Waals surface area (Å²) in [6.45, 7) is 5.04. The van der Waals surface area contributed by atoms with Crippen molar-refractivity contribution in [3.8, 4) is 0 Å². The highest BCUT2D eigenvalue weighted by atomic mass is 16.2. The summed E-state index contributed by atoms with van der Waals surface area (Å²) < 4.78 is 0. The van der Waals surface area contributed by atoms with Crippen molar-refractivity contribution in [2.45, 2.75) is 18.9 Å². The zero-order chi connectivity index (χ0) is 19.1. The Morgan fingerprint density at radius 2 is 1.96 bits per heavy atom. The number of likely N-dealkylation sites (N-methyl/N-ethyl adjacent to an activating group) is 1. The molecule has 1 amide bonds. The first-order chi connectivity index (χ1) is 13.1. The average Bonchev–Trinajstić information content (AvgIpc) is 3.36. The number of rotatable bonds is 6. The number of nitrogens with one attached hydrogen (secondary N) is 1. The second kappa shape index (κ2) is 9.55. The molecular weight excluding hydrogens is 338 g/mol. The molecule has 0 bridgehead atoms. The number of nitrogens with zero attached hydrogens (tertiary/aromatic N) is 4. The van der Waals surface area contributed by atoms with E-state index in [1.54, 1.807) is 19.0 Å². The third-order valence-corrected chi connectivity index (χ3v) is 5.23. The maximum absolute atomic E-state index is 12.0. The van der Waals surface area contributed by atoms with Crippen LogP contribution in [0.1, 0.15) is 12.0 Å². The minimum Gasteiger partial charge on any atom is -0.356 e. The highest BCUT2D eigenvalue weighted by molar-refractivity contribution is 5.85. The van der Waals surface area contributed by atoms with E-state index in [0.29, 0.717) is 6.04 Å². The van der Waals surface area contributed by atoms with Crippen LogP contribution in [0.3, 0.4) is 0 Å². The predicted octanol–water partition coefficient (Wildman–Crippen LogP) is 1.21. The normalized spacial score (nSPS) is 20.3. The molecule has 6 nitrogen and oxygen atoms in total. The van der Waals surface area contributed by atoms with E-state index in [2.05, 4.69) is 56.5 Å². The van der Waals surface area contributed by atoms with Gasteiger partial charge in [-0.1, -0.05) is 42.5 Å². The maximum atomic E-state index is 12.0. The molecule has 1 unspecified atom stereocenters. The van der Waals surface area contributed by atoms with Crippen LogP contribution in [-0.2, 0) is 11.2 Å². The highest BCUT2D eigenvalue weighted by Crippen LogP contribution is 2.18. The average molecular weight is 370 g/mol. The van der Waals surface area contributed by atoms with Crippen molar-refractivity contribution >= 4 is 11.9 Å². The van der Waals surface area contributed by atoms with Gasteiger partial charge in [0.2, 0.25) is 5.91 Å². The Hall–Kier alpha value is -2.34. The van der Waals surface area contributed by atoms with Gasteiger partial charge in [-0.2, -0.15) is 0 Å². The first-order valence-electron chi connectivity index (χ1n) is 9.80. The molecule has 1 atom stereocenters. The SMILES string of the molecule is CN(C)C(=O)CN=C(NCCc1ccccc1)N1CCC(N2CC=CC2)C1. The van der Waals surface area contributed by atoms with E-state index in [1.165, 1.54) is 5.56 Å². The van der Waals surface area contributed by atoms with Crippen LogP contribution in [0.25, 0.3) is 0 Å². The Balaban J connectivity index is 1.58. The van der Waals surface area contributed by atoms with Gasteiger partial charge in [0.25, 0.3) is 0 Å². The van der Waals surface area contributed by atoms with Gasteiger partial charge in [0.05, 0.1) is 0 Å². The lowest BCUT2D eigenvalue weighted by Crippen LogP contribution is -2.44. The summed E-state index contributed by atoms with van der Waals surface area (Å²) in [6, 6.07) is 11.0. The quantitative estimate of drug-likeness (QED) is 0.465. The van der Waals surface area contributed by atoms with Crippen LogP contribution < -0.4 is 5.32 Å². The third kappa shape index (κ3) is 5.57. The number of hydrogen-bond donors (Lipinski definition) is 1. The fourth-order valence-corrected chi connectivity index (χ4v) is 3.54. The van der Waals surface area contributed by atoms with Crippen LogP contribution in [0, 0.1) is 0 Å². The lowest BCUT2D eigenvalue weighted by atomic mass is 10.1. The number of aliphatic imine (C=N–C) groups is 1. The van der Waals surface area contributed by atoms with Crippen molar-refractivity contribution < 1.29 is 4.79 Å². The molecule has 2 aliphatic rings. The van der Waals surface area contributed by atoms with Crippen LogP contribution in [-0.4, -0.2) is 86.0 Å². The smallest absolute Gasteiger partial charge is 0.243 e. The Morgan fingerprint density at radius 1 is 1.22 bits per heavy atom. The van der Waals surface area contributed by atoms with Gasteiger partial charge in [0.1, 0.15) is 6.54 Å². The maximum Gasteiger partial charge on any atom is 0.243 e. The zero-order valence-corrected chi connectivity index (χ0v) is 16.5. The van der Waals surface area contributed by atoms with E-state index in [0.717, 1.165) is 51.5 Å². The van der Waals surface area contributed by atoms with E-state index < -0.39 is 0 Å². The molecule has 3 rings (SSSR count). The zero-order valence-electron chi connectivity index (χ0n) is 16.5. The second-order valence-corrected chi connectivity index (χ2v) is 7.40. The largest absolute Gasteiger partial charge is 0.356 e. The molecular formula is C21H31N5O. The number of carbonyl (C=O) groups is 1. The Morgan fingerprint density at radius 3 is 2.67 bits per heavy atom. The molecule has 2 aliphatic heterocycles. The van der Waals surface area contributed by atoms with Gasteiger partial charge in [-0.15, -0.1) is 0 Å². The molecule has 27 heavy (non-hydrogen) atoms. The summed E-state index contributed by atoms with van der Waals surface area (Å²) in [6.07, 6.45) is 6.56. The van der Waals surface area contributed by atoms with E-state index in [4.69, 9.17) is 0 Å². The summed E-state index contributed by atoms with van der Waals surface area (Å²) in [5.74, 6) is 0.882. The first kappa shape index (κ1) is 19.4. The number of hydrogen-bond acceptors (Lipinski definition) is 3. The Bertz CT molecular complexity index is 662. The monoisotopic (exact) mass is 369 g/mol. The second-order valence-electron chi connectivity index (χ2n) is 7.40. The van der Waals surface area contributed by atoms with Crippen LogP contribution in [0.15, 0.2) is 47.5 Å². The van der Waals surface area contributed by atoms with Gasteiger partial charge in [0, 0.05) is 52.9 Å². The number of guanidine groups is 1.